The zero-order valence-electron chi connectivity index (χ0n) is 19.7. The van der Waals surface area contributed by atoms with Crippen molar-refractivity contribution in [2.24, 2.45) is 5.92 Å². The second kappa shape index (κ2) is 12.4. The molecule has 1 N–H and O–H groups in total. The number of hydrogen-bond donors (Lipinski definition) is 1. The second-order valence-corrected chi connectivity index (χ2v) is 8.35. The van der Waals surface area contributed by atoms with Gasteiger partial charge in [-0.3, -0.25) is 4.79 Å². The Hall–Kier alpha value is -2.61. The van der Waals surface area contributed by atoms with Crippen LogP contribution in [0.4, 0.5) is 6.01 Å². The summed E-state index contributed by atoms with van der Waals surface area (Å²) in [7, 11) is 1.64. The number of rotatable bonds is 12. The van der Waals surface area contributed by atoms with Crippen molar-refractivity contribution in [1.29, 1.82) is 0 Å². The quantitative estimate of drug-likeness (QED) is 0.502. The van der Waals surface area contributed by atoms with E-state index in [4.69, 9.17) is 9.26 Å². The van der Waals surface area contributed by atoms with Crippen molar-refractivity contribution in [1.82, 2.24) is 20.4 Å². The zero-order chi connectivity index (χ0) is 22.8. The number of unbranched alkanes of at least 4 members (excludes halogenated alkanes) is 1. The molecule has 8 nitrogen and oxygen atoms in total. The van der Waals surface area contributed by atoms with E-state index in [9.17, 15) is 4.79 Å². The van der Waals surface area contributed by atoms with E-state index in [1.54, 1.807) is 7.11 Å². The normalized spacial score (nSPS) is 16.4. The van der Waals surface area contributed by atoms with Gasteiger partial charge in [0.05, 0.1) is 13.0 Å². The van der Waals surface area contributed by atoms with Gasteiger partial charge in [0.15, 0.2) is 0 Å². The van der Waals surface area contributed by atoms with Gasteiger partial charge in [-0.1, -0.05) is 25.4 Å². The molecule has 0 saturated carbocycles. The molecule has 1 saturated heterocycles. The number of methoxy groups -OCH3 is 1. The lowest BCUT2D eigenvalue weighted by molar-refractivity contribution is -0.125. The highest BCUT2D eigenvalue weighted by Gasteiger charge is 2.28. The van der Waals surface area contributed by atoms with Crippen molar-refractivity contribution >= 4 is 11.9 Å². The first kappa shape index (κ1) is 24.0. The largest absolute Gasteiger partial charge is 0.497 e. The monoisotopic (exact) mass is 443 g/mol. The number of anilines is 1. The van der Waals surface area contributed by atoms with Gasteiger partial charge in [0.1, 0.15) is 5.75 Å². The molecule has 1 fully saturated rings. The van der Waals surface area contributed by atoms with Crippen LogP contribution in [0.5, 0.6) is 5.75 Å². The lowest BCUT2D eigenvalue weighted by atomic mass is 9.97. The Kier molecular flexibility index (Phi) is 9.34. The molecular weight excluding hydrogens is 406 g/mol. The molecule has 1 aliphatic heterocycles. The smallest absolute Gasteiger partial charge is 0.324 e. The highest BCUT2D eigenvalue weighted by molar-refractivity contribution is 5.79. The van der Waals surface area contributed by atoms with Crippen LogP contribution >= 0.6 is 0 Å². The summed E-state index contributed by atoms with van der Waals surface area (Å²) in [5.41, 5.74) is 0.868. The summed E-state index contributed by atoms with van der Waals surface area (Å²) in [6.45, 7) is 9.79. The van der Waals surface area contributed by atoms with E-state index < -0.39 is 0 Å². The van der Waals surface area contributed by atoms with Gasteiger partial charge in [-0.25, -0.2) is 0 Å². The number of hydrogen-bond acceptors (Lipinski definition) is 7. The molecule has 2 heterocycles. The van der Waals surface area contributed by atoms with Gasteiger partial charge in [0.2, 0.25) is 11.7 Å². The van der Waals surface area contributed by atoms with Crippen molar-refractivity contribution in [2.45, 2.75) is 46.0 Å². The second-order valence-electron chi connectivity index (χ2n) is 8.35. The molecule has 1 aromatic heterocycles. The predicted molar refractivity (Wildman–Crippen MR) is 126 cm³/mol. The van der Waals surface area contributed by atoms with Gasteiger partial charge in [-0.15, -0.1) is 0 Å². The molecule has 3 rings (SSSR count). The third kappa shape index (κ3) is 6.69. The number of carbonyl (C=O) groups excluding carboxylic acids is 1. The summed E-state index contributed by atoms with van der Waals surface area (Å²) in [5.74, 6) is 1.40. The van der Waals surface area contributed by atoms with Crippen LogP contribution in [-0.2, 0) is 4.79 Å². The van der Waals surface area contributed by atoms with E-state index in [0.29, 0.717) is 18.4 Å². The van der Waals surface area contributed by atoms with E-state index in [2.05, 4.69) is 34.2 Å². The average Bonchev–Trinajstić information content (AvgIpc) is 3.34. The molecular formula is C24H37N5O3. The van der Waals surface area contributed by atoms with Crippen LogP contribution in [0, 0.1) is 5.92 Å². The number of piperidine rings is 1. The van der Waals surface area contributed by atoms with E-state index in [1.807, 2.05) is 29.2 Å². The summed E-state index contributed by atoms with van der Waals surface area (Å²) in [6.07, 6.45) is 5.24. The van der Waals surface area contributed by atoms with Gasteiger partial charge in [-0.05, 0) is 69.6 Å². The zero-order valence-corrected chi connectivity index (χ0v) is 19.7. The fourth-order valence-electron chi connectivity index (χ4n) is 4.03. The number of amides is 1. The standard InChI is InChI=1S/C24H37N5O3/c1-4-6-15-28(5-2)16-8-14-25-23(30)20-9-7-17-29(18-20)24-26-22(27-32-24)19-10-12-21(31-3)13-11-19/h10-13,20H,4-9,14-18H2,1-3H3,(H,25,30)/t20-/m0/s1. The molecule has 2 aromatic rings. The highest BCUT2D eigenvalue weighted by atomic mass is 16.5. The Morgan fingerprint density at radius 1 is 1.25 bits per heavy atom. The van der Waals surface area contributed by atoms with Crippen molar-refractivity contribution in [3.05, 3.63) is 24.3 Å². The maximum Gasteiger partial charge on any atom is 0.324 e. The molecule has 1 aromatic carbocycles. The van der Waals surface area contributed by atoms with Gasteiger partial charge < -0.3 is 24.4 Å². The van der Waals surface area contributed by atoms with Crippen molar-refractivity contribution < 1.29 is 14.1 Å². The van der Waals surface area contributed by atoms with E-state index in [-0.39, 0.29) is 11.8 Å². The Morgan fingerprint density at radius 3 is 2.75 bits per heavy atom. The fraction of sp³-hybridized carbons (Fsp3) is 0.625. The molecule has 1 aliphatic rings. The number of ether oxygens (including phenoxy) is 1. The summed E-state index contributed by atoms with van der Waals surface area (Å²) in [4.78, 5) is 21.7. The van der Waals surface area contributed by atoms with E-state index in [1.165, 1.54) is 12.8 Å². The first-order valence-corrected chi connectivity index (χ1v) is 11.9. The third-order valence-corrected chi connectivity index (χ3v) is 6.05. The van der Waals surface area contributed by atoms with Gasteiger partial charge in [0, 0.05) is 25.2 Å². The fourth-order valence-corrected chi connectivity index (χ4v) is 4.03. The van der Waals surface area contributed by atoms with Crippen LogP contribution in [-0.4, -0.2) is 67.3 Å². The maximum atomic E-state index is 12.7. The van der Waals surface area contributed by atoms with Crippen LogP contribution in [0.1, 0.15) is 46.0 Å². The lowest BCUT2D eigenvalue weighted by Gasteiger charge is -2.30. The number of carbonyl (C=O) groups is 1. The number of nitrogens with zero attached hydrogens (tertiary/aromatic N) is 4. The van der Waals surface area contributed by atoms with Crippen LogP contribution < -0.4 is 15.0 Å². The van der Waals surface area contributed by atoms with Gasteiger partial charge in [0.25, 0.3) is 0 Å². The topological polar surface area (TPSA) is 83.7 Å². The summed E-state index contributed by atoms with van der Waals surface area (Å²) in [5, 5.41) is 7.25. The third-order valence-electron chi connectivity index (χ3n) is 6.05. The first-order chi connectivity index (χ1) is 15.6. The molecule has 0 spiro atoms. The molecule has 0 aliphatic carbocycles. The van der Waals surface area contributed by atoms with Crippen LogP contribution in [0.3, 0.4) is 0 Å². The van der Waals surface area contributed by atoms with Crippen molar-refractivity contribution in [2.75, 3.05) is 51.3 Å². The minimum Gasteiger partial charge on any atom is -0.497 e. The Morgan fingerprint density at radius 2 is 2.03 bits per heavy atom. The van der Waals surface area contributed by atoms with Crippen molar-refractivity contribution in [3.63, 3.8) is 0 Å². The minimum atomic E-state index is -0.0533. The summed E-state index contributed by atoms with van der Waals surface area (Å²) in [6, 6.07) is 8.03. The number of aromatic nitrogens is 2. The van der Waals surface area contributed by atoms with Gasteiger partial charge in [-0.2, -0.15) is 4.98 Å². The predicted octanol–water partition coefficient (Wildman–Crippen LogP) is 3.59. The molecule has 1 amide bonds. The van der Waals surface area contributed by atoms with Crippen LogP contribution in [0.25, 0.3) is 11.4 Å². The Labute approximate surface area is 191 Å². The van der Waals surface area contributed by atoms with Crippen LogP contribution in [0.2, 0.25) is 0 Å². The SMILES string of the molecule is CCCCN(CC)CCCNC(=O)[C@H]1CCCN(c2nc(-c3ccc(OC)cc3)no2)C1. The lowest BCUT2D eigenvalue weighted by Crippen LogP contribution is -2.43. The van der Waals surface area contributed by atoms with Crippen LogP contribution in [0.15, 0.2) is 28.8 Å². The maximum absolute atomic E-state index is 12.7. The molecule has 32 heavy (non-hydrogen) atoms. The summed E-state index contributed by atoms with van der Waals surface area (Å²) >= 11 is 0. The van der Waals surface area contributed by atoms with E-state index >= 15 is 0 Å². The Balaban J connectivity index is 1.47. The highest BCUT2D eigenvalue weighted by Crippen LogP contribution is 2.25. The molecule has 8 heteroatoms. The summed E-state index contributed by atoms with van der Waals surface area (Å²) < 4.78 is 10.7. The van der Waals surface area contributed by atoms with Gasteiger partial charge >= 0.3 is 6.01 Å². The first-order valence-electron chi connectivity index (χ1n) is 11.9. The molecule has 0 bridgehead atoms. The van der Waals surface area contributed by atoms with E-state index in [0.717, 1.165) is 63.3 Å². The molecule has 0 unspecified atom stereocenters. The molecule has 0 radical (unpaired) electrons. The Bertz CT molecular complexity index is 823. The molecule has 1 atom stereocenters. The average molecular weight is 444 g/mol. The number of benzene rings is 1. The molecule has 176 valence electrons. The minimum absolute atomic E-state index is 0.0533. The van der Waals surface area contributed by atoms with Crippen molar-refractivity contribution in [3.8, 4) is 17.1 Å². The number of nitrogens with one attached hydrogen (secondary N) is 1.